The summed E-state index contributed by atoms with van der Waals surface area (Å²) in [6.45, 7) is 0.295. The SMILES string of the molecule is Nc1cnc(COc2cc(Br)ccc2Cl)cn1. The summed E-state index contributed by atoms with van der Waals surface area (Å²) in [4.78, 5) is 8.00. The molecule has 88 valence electrons. The van der Waals surface area contributed by atoms with E-state index in [-0.39, 0.29) is 0 Å². The van der Waals surface area contributed by atoms with Crippen LogP contribution in [0.15, 0.2) is 35.1 Å². The lowest BCUT2D eigenvalue weighted by atomic mass is 10.3. The number of nitrogens with two attached hydrogens (primary N) is 1. The van der Waals surface area contributed by atoms with Gasteiger partial charge in [0.1, 0.15) is 18.2 Å². The van der Waals surface area contributed by atoms with Gasteiger partial charge >= 0.3 is 0 Å². The normalized spacial score (nSPS) is 10.2. The van der Waals surface area contributed by atoms with Crippen molar-refractivity contribution in [3.63, 3.8) is 0 Å². The molecule has 0 aliphatic carbocycles. The predicted octanol–water partition coefficient (Wildman–Crippen LogP) is 3.05. The molecule has 4 nitrogen and oxygen atoms in total. The van der Waals surface area contributed by atoms with Crippen LogP contribution in [0.25, 0.3) is 0 Å². The summed E-state index contributed by atoms with van der Waals surface area (Å²) in [5.74, 6) is 0.980. The summed E-state index contributed by atoms with van der Waals surface area (Å²) in [5.41, 5.74) is 6.13. The third-order valence-electron chi connectivity index (χ3n) is 1.99. The highest BCUT2D eigenvalue weighted by Gasteiger charge is 2.03. The van der Waals surface area contributed by atoms with Crippen LogP contribution >= 0.6 is 27.5 Å². The minimum absolute atomic E-state index is 0.295. The van der Waals surface area contributed by atoms with Crippen LogP contribution in [0.3, 0.4) is 0 Å². The highest BCUT2D eigenvalue weighted by Crippen LogP contribution is 2.28. The molecule has 1 aromatic carbocycles. The maximum atomic E-state index is 5.99. The first-order valence-electron chi connectivity index (χ1n) is 4.79. The Morgan fingerprint density at radius 2 is 2.12 bits per heavy atom. The number of anilines is 1. The standard InChI is InChI=1S/C11H9BrClN3O/c12-7-1-2-9(13)10(3-7)17-6-8-4-16-11(14)5-15-8/h1-5H,6H2,(H2,14,16). The fourth-order valence-corrected chi connectivity index (χ4v) is 1.69. The Morgan fingerprint density at radius 3 is 2.82 bits per heavy atom. The highest BCUT2D eigenvalue weighted by atomic mass is 79.9. The molecule has 0 aliphatic heterocycles. The number of nitrogen functional groups attached to an aromatic ring is 1. The second-order valence-corrected chi connectivity index (χ2v) is 4.62. The molecule has 0 radical (unpaired) electrons. The maximum Gasteiger partial charge on any atom is 0.141 e. The number of halogens is 2. The molecule has 0 atom stereocenters. The summed E-state index contributed by atoms with van der Waals surface area (Å²) >= 11 is 9.33. The Hall–Kier alpha value is -1.33. The fraction of sp³-hybridized carbons (Fsp3) is 0.0909. The molecule has 0 bridgehead atoms. The van der Waals surface area contributed by atoms with E-state index in [4.69, 9.17) is 22.1 Å². The van der Waals surface area contributed by atoms with Gasteiger partial charge in [0.05, 0.1) is 23.1 Å². The van der Waals surface area contributed by atoms with E-state index in [1.165, 1.54) is 6.20 Å². The average molecular weight is 315 g/mol. The van der Waals surface area contributed by atoms with Gasteiger partial charge in [0.25, 0.3) is 0 Å². The highest BCUT2D eigenvalue weighted by molar-refractivity contribution is 9.10. The zero-order chi connectivity index (χ0) is 12.3. The van der Waals surface area contributed by atoms with Gasteiger partial charge in [-0.1, -0.05) is 27.5 Å². The molecule has 6 heteroatoms. The minimum atomic E-state index is 0.295. The van der Waals surface area contributed by atoms with Crippen LogP contribution in [0.1, 0.15) is 5.69 Å². The van der Waals surface area contributed by atoms with Crippen molar-refractivity contribution >= 4 is 33.3 Å². The largest absolute Gasteiger partial charge is 0.486 e. The lowest BCUT2D eigenvalue weighted by Crippen LogP contribution is -2.01. The fourth-order valence-electron chi connectivity index (χ4n) is 1.18. The van der Waals surface area contributed by atoms with Crippen molar-refractivity contribution in [2.45, 2.75) is 6.61 Å². The number of nitrogens with zero attached hydrogens (tertiary/aromatic N) is 2. The topological polar surface area (TPSA) is 61.0 Å². The Balaban J connectivity index is 2.07. The predicted molar refractivity (Wildman–Crippen MR) is 69.9 cm³/mol. The average Bonchev–Trinajstić information content (AvgIpc) is 2.32. The second kappa shape index (κ2) is 5.33. The van der Waals surface area contributed by atoms with Crippen LogP contribution in [-0.4, -0.2) is 9.97 Å². The number of hydrogen-bond donors (Lipinski definition) is 1. The van der Waals surface area contributed by atoms with Crippen molar-refractivity contribution in [1.29, 1.82) is 0 Å². The van der Waals surface area contributed by atoms with E-state index in [1.54, 1.807) is 18.3 Å². The van der Waals surface area contributed by atoms with Gasteiger partial charge in [-0.15, -0.1) is 0 Å². The van der Waals surface area contributed by atoms with Crippen LogP contribution in [0.5, 0.6) is 5.75 Å². The van der Waals surface area contributed by atoms with E-state index in [0.717, 1.165) is 4.47 Å². The molecule has 2 aromatic rings. The molecular weight excluding hydrogens is 305 g/mol. The van der Waals surface area contributed by atoms with Crippen molar-refractivity contribution in [1.82, 2.24) is 9.97 Å². The van der Waals surface area contributed by atoms with E-state index in [0.29, 0.717) is 28.9 Å². The molecule has 17 heavy (non-hydrogen) atoms. The molecule has 1 aromatic heterocycles. The Kier molecular flexibility index (Phi) is 3.81. The van der Waals surface area contributed by atoms with Crippen molar-refractivity contribution < 1.29 is 4.74 Å². The van der Waals surface area contributed by atoms with Gasteiger partial charge in [0.2, 0.25) is 0 Å². The Labute approximate surface area is 112 Å². The van der Waals surface area contributed by atoms with E-state index in [9.17, 15) is 0 Å². The summed E-state index contributed by atoms with van der Waals surface area (Å²) in [7, 11) is 0. The minimum Gasteiger partial charge on any atom is -0.486 e. The summed E-state index contributed by atoms with van der Waals surface area (Å²) in [6.07, 6.45) is 3.06. The van der Waals surface area contributed by atoms with E-state index in [2.05, 4.69) is 25.9 Å². The van der Waals surface area contributed by atoms with Crippen molar-refractivity contribution in [3.05, 3.63) is 45.8 Å². The zero-order valence-electron chi connectivity index (χ0n) is 8.73. The van der Waals surface area contributed by atoms with E-state index in [1.807, 2.05) is 6.07 Å². The monoisotopic (exact) mass is 313 g/mol. The molecule has 0 spiro atoms. The lowest BCUT2D eigenvalue weighted by Gasteiger charge is -2.07. The van der Waals surface area contributed by atoms with Crippen LogP contribution < -0.4 is 10.5 Å². The molecule has 2 rings (SSSR count). The third-order valence-corrected chi connectivity index (χ3v) is 2.80. The van der Waals surface area contributed by atoms with E-state index < -0.39 is 0 Å². The molecule has 2 N–H and O–H groups in total. The first-order valence-corrected chi connectivity index (χ1v) is 5.96. The van der Waals surface area contributed by atoms with Gasteiger partial charge < -0.3 is 10.5 Å². The van der Waals surface area contributed by atoms with Crippen LogP contribution in [0, 0.1) is 0 Å². The van der Waals surface area contributed by atoms with Gasteiger partial charge in [-0.2, -0.15) is 0 Å². The molecule has 1 heterocycles. The maximum absolute atomic E-state index is 5.99. The smallest absolute Gasteiger partial charge is 0.141 e. The number of benzene rings is 1. The zero-order valence-corrected chi connectivity index (χ0v) is 11.1. The molecular formula is C11H9BrClN3O. The van der Waals surface area contributed by atoms with Gasteiger partial charge in [0.15, 0.2) is 0 Å². The van der Waals surface area contributed by atoms with Crippen LogP contribution in [0.2, 0.25) is 5.02 Å². The van der Waals surface area contributed by atoms with Gasteiger partial charge in [-0.3, -0.25) is 4.98 Å². The van der Waals surface area contributed by atoms with Crippen molar-refractivity contribution in [3.8, 4) is 5.75 Å². The van der Waals surface area contributed by atoms with Crippen LogP contribution in [-0.2, 0) is 6.61 Å². The van der Waals surface area contributed by atoms with Gasteiger partial charge in [-0.25, -0.2) is 4.98 Å². The van der Waals surface area contributed by atoms with Crippen molar-refractivity contribution in [2.75, 3.05) is 5.73 Å². The van der Waals surface area contributed by atoms with Gasteiger partial charge in [0, 0.05) is 4.47 Å². The summed E-state index contributed by atoms with van der Waals surface area (Å²) in [5, 5.41) is 0.552. The summed E-state index contributed by atoms with van der Waals surface area (Å²) < 4.78 is 6.44. The van der Waals surface area contributed by atoms with Gasteiger partial charge in [-0.05, 0) is 18.2 Å². The second-order valence-electron chi connectivity index (χ2n) is 3.30. The molecule has 0 unspecified atom stereocenters. The number of hydrogen-bond acceptors (Lipinski definition) is 4. The molecule has 0 fully saturated rings. The molecule has 0 amide bonds. The number of aromatic nitrogens is 2. The Bertz CT molecular complexity index is 519. The first kappa shape index (κ1) is 12.1. The third kappa shape index (κ3) is 3.31. The quantitative estimate of drug-likeness (QED) is 0.946. The molecule has 0 saturated heterocycles. The first-order chi connectivity index (χ1) is 8.15. The summed E-state index contributed by atoms with van der Waals surface area (Å²) in [6, 6.07) is 5.40. The van der Waals surface area contributed by atoms with Crippen molar-refractivity contribution in [2.24, 2.45) is 0 Å². The number of ether oxygens (including phenoxy) is 1. The molecule has 0 aliphatic rings. The Morgan fingerprint density at radius 1 is 1.29 bits per heavy atom. The lowest BCUT2D eigenvalue weighted by molar-refractivity contribution is 0.301. The van der Waals surface area contributed by atoms with E-state index >= 15 is 0 Å². The number of rotatable bonds is 3. The van der Waals surface area contributed by atoms with Crippen LogP contribution in [0.4, 0.5) is 5.82 Å². The molecule has 0 saturated carbocycles.